The molecule has 0 aliphatic rings. The van der Waals surface area contributed by atoms with Gasteiger partial charge in [0.15, 0.2) is 0 Å². The summed E-state index contributed by atoms with van der Waals surface area (Å²) in [5, 5.41) is 11.6. The number of hydrogen-bond acceptors (Lipinski definition) is 5. The molecule has 150 valence electrons. The molecule has 8 heteroatoms. The summed E-state index contributed by atoms with van der Waals surface area (Å²) in [5.41, 5.74) is 7.30. The lowest BCUT2D eigenvalue weighted by Crippen LogP contribution is -2.14. The quantitative estimate of drug-likeness (QED) is 0.356. The number of aromatic carboxylic acids is 1. The number of nitrogen functional groups attached to an aromatic ring is 1. The van der Waals surface area contributed by atoms with E-state index in [0.717, 1.165) is 5.56 Å². The van der Waals surface area contributed by atoms with E-state index in [2.05, 4.69) is 5.32 Å². The molecule has 3 aromatic rings. The first-order valence-corrected chi connectivity index (χ1v) is 9.16. The number of nitrogens with one attached hydrogen (secondary N) is 1. The second kappa shape index (κ2) is 10.3. The number of carboxylic acid groups (broad SMARTS) is 1. The van der Waals surface area contributed by atoms with E-state index < -0.39 is 11.9 Å². The van der Waals surface area contributed by atoms with Crippen LogP contribution in [0.3, 0.4) is 0 Å². The zero-order valence-corrected chi connectivity index (χ0v) is 16.2. The summed E-state index contributed by atoms with van der Waals surface area (Å²) in [4.78, 5) is 23.8. The van der Waals surface area contributed by atoms with Gasteiger partial charge in [0.2, 0.25) is 0 Å². The highest BCUT2D eigenvalue weighted by Crippen LogP contribution is 2.22. The van der Waals surface area contributed by atoms with Crippen molar-refractivity contribution < 1.29 is 23.6 Å². The van der Waals surface area contributed by atoms with Gasteiger partial charge in [-0.2, -0.15) is 0 Å². The van der Waals surface area contributed by atoms with Crippen LogP contribution in [-0.4, -0.2) is 21.5 Å². The van der Waals surface area contributed by atoms with Crippen LogP contribution in [0.2, 0.25) is 0 Å². The highest BCUT2D eigenvalue weighted by molar-refractivity contribution is 7.93. The lowest BCUT2D eigenvalue weighted by atomic mass is 10.1. The normalized spacial score (nSPS) is 9.90. The molecule has 3 aromatic carbocycles. The molecule has 0 fully saturated rings. The summed E-state index contributed by atoms with van der Waals surface area (Å²) in [6.45, 7) is 1.82. The number of para-hydroxylation sites is 1. The maximum atomic E-state index is 12.2. The lowest BCUT2D eigenvalue weighted by Gasteiger charge is -2.09. The van der Waals surface area contributed by atoms with Gasteiger partial charge < -0.3 is 20.7 Å². The Morgan fingerprint density at radius 2 is 1.69 bits per heavy atom. The maximum absolute atomic E-state index is 12.2. The first kappa shape index (κ1) is 21.9. The highest BCUT2D eigenvalue weighted by atomic mass is 32.2. The lowest BCUT2D eigenvalue weighted by molar-refractivity contribution is 0.0698. The number of amides is 1. The molecule has 0 aromatic heterocycles. The number of carboxylic acids is 1. The molecule has 0 aliphatic heterocycles. The molecule has 0 saturated heterocycles. The second-order valence-corrected chi connectivity index (χ2v) is 6.55. The Kier molecular flexibility index (Phi) is 7.76. The Balaban J connectivity index is 0.000000313. The molecule has 0 radical (unpaired) electrons. The van der Waals surface area contributed by atoms with Gasteiger partial charge in [0, 0.05) is 28.2 Å². The molecule has 29 heavy (non-hydrogen) atoms. The first-order chi connectivity index (χ1) is 13.8. The Labute approximate surface area is 171 Å². The molecule has 6 nitrogen and oxygen atoms in total. The summed E-state index contributed by atoms with van der Waals surface area (Å²) in [6.07, 6.45) is 0. The Morgan fingerprint density at radius 1 is 1.03 bits per heavy atom. The van der Waals surface area contributed by atoms with Crippen molar-refractivity contribution in [2.45, 2.75) is 11.8 Å². The van der Waals surface area contributed by atoms with Crippen LogP contribution in [0.5, 0.6) is 0 Å². The molecule has 0 saturated carbocycles. The van der Waals surface area contributed by atoms with Gasteiger partial charge >= 0.3 is 5.97 Å². The van der Waals surface area contributed by atoms with Crippen LogP contribution in [0.4, 0.5) is 15.8 Å². The number of carbonyl (C=O) groups excluding carboxylic acids is 1. The zero-order chi connectivity index (χ0) is 21.4. The average molecular weight is 414 g/mol. The molecule has 0 aliphatic carbocycles. The van der Waals surface area contributed by atoms with Gasteiger partial charge in [-0.05, 0) is 61.0 Å². The Morgan fingerprint density at radius 3 is 2.28 bits per heavy atom. The molecule has 0 spiro atoms. The van der Waals surface area contributed by atoms with E-state index in [-0.39, 0.29) is 17.1 Å². The van der Waals surface area contributed by atoms with Crippen LogP contribution in [0.25, 0.3) is 0 Å². The van der Waals surface area contributed by atoms with E-state index in [1.165, 1.54) is 36.4 Å². The van der Waals surface area contributed by atoms with E-state index in [9.17, 15) is 14.0 Å². The molecular formula is C21H19FN2O4S. The largest absolute Gasteiger partial charge is 0.478 e. The van der Waals surface area contributed by atoms with E-state index in [0.29, 0.717) is 28.2 Å². The number of hydrogen-bond donors (Lipinski definition) is 4. The van der Waals surface area contributed by atoms with Crippen molar-refractivity contribution in [1.82, 2.24) is 0 Å². The van der Waals surface area contributed by atoms with Crippen molar-refractivity contribution in [2.75, 3.05) is 11.1 Å². The minimum atomic E-state index is -1.11. The van der Waals surface area contributed by atoms with E-state index >= 15 is 0 Å². The molecule has 0 unspecified atom stereocenters. The van der Waals surface area contributed by atoms with Gasteiger partial charge in [0.25, 0.3) is 5.91 Å². The fraction of sp³-hybridized carbons (Fsp3) is 0.0476. The summed E-state index contributed by atoms with van der Waals surface area (Å²) in [5.74, 6) is -1.79. The summed E-state index contributed by atoms with van der Waals surface area (Å²) in [7, 11) is 0. The standard InChI is InChI=1S/C15H13NO4S.C6H6FN/c1-9-6-7-10(8-13(9)21-20)14(17)16-12-5-3-2-4-11(12)15(18)19;7-5-1-3-6(8)4-2-5/h2-8,20H,1H3,(H,16,17)(H,18,19);1-4H,8H2. The summed E-state index contributed by atoms with van der Waals surface area (Å²) in [6, 6.07) is 16.8. The molecule has 0 bridgehead atoms. The van der Waals surface area contributed by atoms with Crippen LogP contribution in [0.15, 0.2) is 71.6 Å². The third-order valence-electron chi connectivity index (χ3n) is 3.82. The van der Waals surface area contributed by atoms with Gasteiger partial charge in [0.05, 0.1) is 11.3 Å². The molecule has 0 atom stereocenters. The number of benzene rings is 3. The summed E-state index contributed by atoms with van der Waals surface area (Å²) < 4.78 is 21.2. The van der Waals surface area contributed by atoms with Gasteiger partial charge in [-0.15, -0.1) is 0 Å². The van der Waals surface area contributed by atoms with Crippen molar-refractivity contribution in [3.05, 3.63) is 89.2 Å². The van der Waals surface area contributed by atoms with Crippen LogP contribution in [-0.2, 0) is 0 Å². The fourth-order valence-electron chi connectivity index (χ4n) is 2.28. The molecular weight excluding hydrogens is 395 g/mol. The Hall–Kier alpha value is -3.36. The molecule has 1 amide bonds. The molecule has 3 rings (SSSR count). The number of anilines is 2. The van der Waals surface area contributed by atoms with Gasteiger partial charge in [0.1, 0.15) is 5.82 Å². The first-order valence-electron chi connectivity index (χ1n) is 8.38. The van der Waals surface area contributed by atoms with Crippen molar-refractivity contribution in [2.24, 2.45) is 0 Å². The molecule has 5 N–H and O–H groups in total. The predicted octanol–water partition coefficient (Wildman–Crippen LogP) is 4.92. The number of nitrogens with two attached hydrogens (primary N) is 1. The topological polar surface area (TPSA) is 113 Å². The number of aryl methyl sites for hydroxylation is 1. The third kappa shape index (κ3) is 6.34. The smallest absolute Gasteiger partial charge is 0.337 e. The van der Waals surface area contributed by atoms with Crippen LogP contribution in [0.1, 0.15) is 26.3 Å². The fourth-order valence-corrected chi connectivity index (χ4v) is 2.67. The zero-order valence-electron chi connectivity index (χ0n) is 15.4. The average Bonchev–Trinajstić information content (AvgIpc) is 2.71. The number of carbonyl (C=O) groups is 2. The molecule has 0 heterocycles. The summed E-state index contributed by atoms with van der Waals surface area (Å²) >= 11 is 0.567. The monoisotopic (exact) mass is 414 g/mol. The minimum absolute atomic E-state index is 0.0229. The van der Waals surface area contributed by atoms with Crippen molar-refractivity contribution in [1.29, 1.82) is 0 Å². The number of halogens is 1. The van der Waals surface area contributed by atoms with Crippen molar-refractivity contribution in [3.8, 4) is 0 Å². The van der Waals surface area contributed by atoms with Gasteiger partial charge in [-0.25, -0.2) is 9.18 Å². The highest BCUT2D eigenvalue weighted by Gasteiger charge is 2.13. The van der Waals surface area contributed by atoms with Crippen LogP contribution >= 0.6 is 12.0 Å². The van der Waals surface area contributed by atoms with Gasteiger partial charge in [-0.1, -0.05) is 18.2 Å². The third-order valence-corrected chi connectivity index (χ3v) is 4.46. The Bertz CT molecular complexity index is 989. The van der Waals surface area contributed by atoms with Crippen LogP contribution in [0, 0.1) is 12.7 Å². The SMILES string of the molecule is Cc1ccc(C(=O)Nc2ccccc2C(=O)O)cc1SO.Nc1ccc(F)cc1. The number of rotatable bonds is 4. The van der Waals surface area contributed by atoms with E-state index in [1.54, 1.807) is 30.3 Å². The van der Waals surface area contributed by atoms with E-state index in [4.69, 9.17) is 15.4 Å². The predicted molar refractivity (Wildman–Crippen MR) is 112 cm³/mol. The van der Waals surface area contributed by atoms with Gasteiger partial charge in [-0.3, -0.25) is 4.79 Å². The van der Waals surface area contributed by atoms with E-state index in [1.807, 2.05) is 6.92 Å². The second-order valence-electron chi connectivity index (χ2n) is 5.93. The minimum Gasteiger partial charge on any atom is -0.478 e. The van der Waals surface area contributed by atoms with Crippen LogP contribution < -0.4 is 11.1 Å². The van der Waals surface area contributed by atoms with Crippen molar-refractivity contribution in [3.63, 3.8) is 0 Å². The van der Waals surface area contributed by atoms with Crippen molar-refractivity contribution >= 4 is 35.3 Å². The maximum Gasteiger partial charge on any atom is 0.337 e.